The number of hydrogen-bond acceptors (Lipinski definition) is 4. The van der Waals surface area contributed by atoms with Crippen LogP contribution in [-0.4, -0.2) is 13.1 Å². The lowest BCUT2D eigenvalue weighted by molar-refractivity contribution is 0.503. The molecule has 0 aliphatic carbocycles. The van der Waals surface area contributed by atoms with Gasteiger partial charge in [-0.15, -0.1) is 11.8 Å². The standard InChI is InChI=1S/C34H41N3O/c1-8-36-15-14-28-10-11-29(21-30(28)20-27-18-24(5)17-25(6)19-27)32(16-23(3)4)31-12-13-33(37-9-2)34(26(31)7)38-22-35/h8,10-13,17-19,21,32,36-37H,1,3,9,14-16,20H2,2,4-7H3. The van der Waals surface area contributed by atoms with Crippen molar-refractivity contribution in [1.29, 1.82) is 5.26 Å². The number of rotatable bonds is 13. The summed E-state index contributed by atoms with van der Waals surface area (Å²) in [6.45, 7) is 20.1. The largest absolute Gasteiger partial charge is 0.391 e. The highest BCUT2D eigenvalue weighted by atomic mass is 16.5. The molecule has 3 rings (SSSR count). The molecule has 4 heteroatoms. The zero-order valence-corrected chi connectivity index (χ0v) is 23.6. The van der Waals surface area contributed by atoms with Gasteiger partial charge in [0.05, 0.1) is 5.69 Å². The van der Waals surface area contributed by atoms with Gasteiger partial charge in [0.25, 0.3) is 6.26 Å². The van der Waals surface area contributed by atoms with Crippen LogP contribution in [0.2, 0.25) is 0 Å². The highest BCUT2D eigenvalue weighted by Gasteiger charge is 2.22. The number of nitrogens with one attached hydrogen (secondary N) is 2. The van der Waals surface area contributed by atoms with Gasteiger partial charge < -0.3 is 15.4 Å². The van der Waals surface area contributed by atoms with Crippen LogP contribution < -0.4 is 15.4 Å². The lowest BCUT2D eigenvalue weighted by Gasteiger charge is -2.24. The van der Waals surface area contributed by atoms with E-state index in [1.165, 1.54) is 33.4 Å². The molecule has 0 saturated heterocycles. The molecule has 0 saturated carbocycles. The molecule has 0 aromatic heterocycles. The fraction of sp³-hybridized carbons (Fsp3) is 0.324. The van der Waals surface area contributed by atoms with Gasteiger partial charge in [0.2, 0.25) is 0 Å². The summed E-state index contributed by atoms with van der Waals surface area (Å²) in [6, 6.07) is 17.9. The van der Waals surface area contributed by atoms with Crippen molar-refractivity contribution in [3.8, 4) is 12.0 Å². The highest BCUT2D eigenvalue weighted by Crippen LogP contribution is 2.40. The van der Waals surface area contributed by atoms with Crippen molar-refractivity contribution in [2.24, 2.45) is 0 Å². The Morgan fingerprint density at radius 1 is 1.05 bits per heavy atom. The predicted molar refractivity (Wildman–Crippen MR) is 160 cm³/mol. The molecule has 1 atom stereocenters. The highest BCUT2D eigenvalue weighted by molar-refractivity contribution is 5.64. The molecule has 0 amide bonds. The van der Waals surface area contributed by atoms with Gasteiger partial charge in [0, 0.05) is 19.0 Å². The number of nitriles is 1. The molecule has 0 spiro atoms. The van der Waals surface area contributed by atoms with E-state index in [0.29, 0.717) is 5.75 Å². The van der Waals surface area contributed by atoms with Crippen LogP contribution in [0.5, 0.6) is 5.75 Å². The van der Waals surface area contributed by atoms with Crippen LogP contribution in [0.4, 0.5) is 5.69 Å². The number of nitrogens with zero attached hydrogens (tertiary/aromatic N) is 1. The summed E-state index contributed by atoms with van der Waals surface area (Å²) >= 11 is 0. The van der Waals surface area contributed by atoms with Gasteiger partial charge in [-0.2, -0.15) is 0 Å². The summed E-state index contributed by atoms with van der Waals surface area (Å²) in [6.07, 6.45) is 6.24. The molecule has 3 aromatic rings. The molecule has 0 bridgehead atoms. The SMILES string of the molecule is C=CNCCc1ccc(C(CC(=C)C)c2ccc(NCC)c(OC#N)c2C)cc1Cc1cc(C)cc(C)c1. The monoisotopic (exact) mass is 507 g/mol. The van der Waals surface area contributed by atoms with E-state index in [9.17, 15) is 5.26 Å². The molecule has 198 valence electrons. The Kier molecular flexibility index (Phi) is 10.2. The van der Waals surface area contributed by atoms with Crippen molar-refractivity contribution in [2.75, 3.05) is 18.4 Å². The van der Waals surface area contributed by atoms with E-state index in [-0.39, 0.29) is 5.92 Å². The Bertz CT molecular complexity index is 1310. The van der Waals surface area contributed by atoms with E-state index in [1.54, 1.807) is 6.20 Å². The minimum Gasteiger partial charge on any atom is -0.391 e. The average Bonchev–Trinajstić information content (AvgIpc) is 2.85. The van der Waals surface area contributed by atoms with Gasteiger partial charge in [-0.25, -0.2) is 0 Å². The van der Waals surface area contributed by atoms with E-state index >= 15 is 0 Å². The van der Waals surface area contributed by atoms with Crippen LogP contribution in [0.3, 0.4) is 0 Å². The molecule has 0 heterocycles. The average molecular weight is 508 g/mol. The van der Waals surface area contributed by atoms with Crippen LogP contribution in [0.15, 0.2) is 73.5 Å². The van der Waals surface area contributed by atoms with E-state index in [2.05, 4.69) is 87.0 Å². The summed E-state index contributed by atoms with van der Waals surface area (Å²) in [5, 5.41) is 15.9. The first-order chi connectivity index (χ1) is 18.3. The molecule has 2 N–H and O–H groups in total. The second-order valence-electron chi connectivity index (χ2n) is 10.2. The van der Waals surface area contributed by atoms with Gasteiger partial charge in [-0.05, 0) is 99.5 Å². The van der Waals surface area contributed by atoms with E-state index in [4.69, 9.17) is 4.74 Å². The van der Waals surface area contributed by atoms with Gasteiger partial charge in [-0.1, -0.05) is 65.7 Å². The molecular weight excluding hydrogens is 466 g/mol. The van der Waals surface area contributed by atoms with E-state index in [0.717, 1.165) is 54.7 Å². The third-order valence-corrected chi connectivity index (χ3v) is 6.88. The Hall–Kier alpha value is -3.97. The smallest absolute Gasteiger partial charge is 0.292 e. The van der Waals surface area contributed by atoms with Crippen molar-refractivity contribution in [3.05, 3.63) is 118 Å². The summed E-state index contributed by atoms with van der Waals surface area (Å²) in [5.41, 5.74) is 11.9. The number of allylic oxidation sites excluding steroid dienone is 1. The summed E-state index contributed by atoms with van der Waals surface area (Å²) < 4.78 is 5.46. The van der Waals surface area contributed by atoms with Crippen molar-refractivity contribution >= 4 is 5.69 Å². The predicted octanol–water partition coefficient (Wildman–Crippen LogP) is 7.87. The van der Waals surface area contributed by atoms with Crippen molar-refractivity contribution in [3.63, 3.8) is 0 Å². The summed E-state index contributed by atoms with van der Waals surface area (Å²) in [4.78, 5) is 0. The Labute approximate surface area is 229 Å². The zero-order chi connectivity index (χ0) is 27.7. The number of benzene rings is 3. The zero-order valence-electron chi connectivity index (χ0n) is 23.6. The van der Waals surface area contributed by atoms with Crippen molar-refractivity contribution < 1.29 is 4.74 Å². The lowest BCUT2D eigenvalue weighted by Crippen LogP contribution is -2.12. The Morgan fingerprint density at radius 2 is 1.79 bits per heavy atom. The molecule has 3 aromatic carbocycles. The second-order valence-corrected chi connectivity index (χ2v) is 10.2. The van der Waals surface area contributed by atoms with Crippen LogP contribution in [0, 0.1) is 32.3 Å². The third-order valence-electron chi connectivity index (χ3n) is 6.88. The molecular formula is C34H41N3O. The van der Waals surface area contributed by atoms with Crippen molar-refractivity contribution in [1.82, 2.24) is 5.32 Å². The topological polar surface area (TPSA) is 57.1 Å². The molecule has 0 fully saturated rings. The van der Waals surface area contributed by atoms with Gasteiger partial charge >= 0.3 is 0 Å². The first kappa shape index (κ1) is 28.6. The van der Waals surface area contributed by atoms with Crippen LogP contribution in [0.25, 0.3) is 0 Å². The molecule has 38 heavy (non-hydrogen) atoms. The lowest BCUT2D eigenvalue weighted by atomic mass is 9.82. The minimum absolute atomic E-state index is 0.0996. The number of ether oxygens (including phenoxy) is 1. The molecule has 0 radical (unpaired) electrons. The van der Waals surface area contributed by atoms with E-state index in [1.807, 2.05) is 26.2 Å². The fourth-order valence-electron chi connectivity index (χ4n) is 5.32. The maximum absolute atomic E-state index is 9.34. The summed E-state index contributed by atoms with van der Waals surface area (Å²) in [7, 11) is 0. The van der Waals surface area contributed by atoms with Gasteiger partial charge in [-0.3, -0.25) is 0 Å². The van der Waals surface area contributed by atoms with Crippen LogP contribution in [-0.2, 0) is 12.8 Å². The van der Waals surface area contributed by atoms with Gasteiger partial charge in [0.1, 0.15) is 0 Å². The number of hydrogen-bond donors (Lipinski definition) is 2. The van der Waals surface area contributed by atoms with Crippen molar-refractivity contribution in [2.45, 2.75) is 59.8 Å². The molecule has 1 unspecified atom stereocenters. The van der Waals surface area contributed by atoms with Crippen LogP contribution in [0.1, 0.15) is 70.7 Å². The van der Waals surface area contributed by atoms with Gasteiger partial charge in [0.15, 0.2) is 5.75 Å². The maximum atomic E-state index is 9.34. The minimum atomic E-state index is 0.0996. The first-order valence-electron chi connectivity index (χ1n) is 13.4. The Morgan fingerprint density at radius 3 is 2.42 bits per heavy atom. The number of anilines is 1. The maximum Gasteiger partial charge on any atom is 0.292 e. The third kappa shape index (κ3) is 7.29. The molecule has 0 aliphatic heterocycles. The summed E-state index contributed by atoms with van der Waals surface area (Å²) in [5.74, 6) is 0.698. The first-order valence-corrected chi connectivity index (χ1v) is 13.4. The van der Waals surface area contributed by atoms with E-state index < -0.39 is 0 Å². The normalized spacial score (nSPS) is 11.4. The quantitative estimate of drug-likeness (QED) is 0.140. The number of aryl methyl sites for hydroxylation is 2. The van der Waals surface area contributed by atoms with Crippen LogP contribution >= 0.6 is 0 Å². The molecule has 4 nitrogen and oxygen atoms in total. The fourth-order valence-corrected chi connectivity index (χ4v) is 5.32. The second kappa shape index (κ2) is 13.5. The Balaban J connectivity index is 2.13. The molecule has 0 aliphatic rings.